The fourth-order valence-electron chi connectivity index (χ4n) is 2.49. The van der Waals surface area contributed by atoms with Gasteiger partial charge in [-0.3, -0.25) is 0 Å². The van der Waals surface area contributed by atoms with Crippen LogP contribution < -0.4 is 0 Å². The standard InChI is InChI=1S/C13H14N2O3/c1-8-4-5-9-11(13(16)17)14-12(15(9)7-8)10-3-2-6-18-10/h2-3,6,8H,4-5,7H2,1H3,(H,16,17). The molecule has 0 bridgehead atoms. The van der Waals surface area contributed by atoms with Gasteiger partial charge in [-0.05, 0) is 30.9 Å². The number of carboxylic acid groups (broad SMARTS) is 1. The van der Waals surface area contributed by atoms with Crippen LogP contribution in [0.1, 0.15) is 29.5 Å². The molecule has 0 spiro atoms. The van der Waals surface area contributed by atoms with E-state index < -0.39 is 5.97 Å². The van der Waals surface area contributed by atoms with E-state index in [4.69, 9.17) is 4.42 Å². The highest BCUT2D eigenvalue weighted by atomic mass is 16.4. The summed E-state index contributed by atoms with van der Waals surface area (Å²) < 4.78 is 7.32. The minimum atomic E-state index is -0.967. The third-order valence-electron chi connectivity index (χ3n) is 3.38. The largest absolute Gasteiger partial charge is 0.476 e. The van der Waals surface area contributed by atoms with Gasteiger partial charge in [0.2, 0.25) is 0 Å². The second kappa shape index (κ2) is 4.01. The maximum Gasteiger partial charge on any atom is 0.356 e. The minimum Gasteiger partial charge on any atom is -0.476 e. The van der Waals surface area contributed by atoms with Gasteiger partial charge in [0.25, 0.3) is 0 Å². The number of imidazole rings is 1. The van der Waals surface area contributed by atoms with E-state index in [1.54, 1.807) is 18.4 Å². The van der Waals surface area contributed by atoms with Gasteiger partial charge in [-0.1, -0.05) is 6.92 Å². The summed E-state index contributed by atoms with van der Waals surface area (Å²) in [7, 11) is 0. The second-order valence-corrected chi connectivity index (χ2v) is 4.77. The molecule has 94 valence electrons. The lowest BCUT2D eigenvalue weighted by atomic mass is 9.99. The van der Waals surface area contributed by atoms with Crippen molar-refractivity contribution >= 4 is 5.97 Å². The minimum absolute atomic E-state index is 0.160. The maximum absolute atomic E-state index is 11.2. The molecule has 1 atom stereocenters. The molecule has 0 saturated heterocycles. The number of hydrogen-bond donors (Lipinski definition) is 1. The zero-order valence-corrected chi connectivity index (χ0v) is 10.1. The van der Waals surface area contributed by atoms with Gasteiger partial charge in [0.05, 0.1) is 12.0 Å². The molecule has 2 aromatic rings. The smallest absolute Gasteiger partial charge is 0.356 e. The van der Waals surface area contributed by atoms with Crippen molar-refractivity contribution in [2.24, 2.45) is 5.92 Å². The average Bonchev–Trinajstić information content (AvgIpc) is 2.93. The summed E-state index contributed by atoms with van der Waals surface area (Å²) >= 11 is 0. The van der Waals surface area contributed by atoms with E-state index in [1.807, 2.05) is 4.57 Å². The molecular weight excluding hydrogens is 232 g/mol. The molecule has 5 nitrogen and oxygen atoms in total. The first kappa shape index (κ1) is 11.1. The van der Waals surface area contributed by atoms with E-state index in [9.17, 15) is 9.90 Å². The number of carboxylic acids is 1. The summed E-state index contributed by atoms with van der Waals surface area (Å²) in [4.78, 5) is 15.5. The highest BCUT2D eigenvalue weighted by Gasteiger charge is 2.27. The Labute approximate surface area is 104 Å². The molecule has 5 heteroatoms. The predicted molar refractivity (Wildman–Crippen MR) is 64.4 cm³/mol. The lowest BCUT2D eigenvalue weighted by Gasteiger charge is -2.22. The van der Waals surface area contributed by atoms with Crippen molar-refractivity contribution in [1.29, 1.82) is 0 Å². The third kappa shape index (κ3) is 1.63. The number of rotatable bonds is 2. The number of fused-ring (bicyclic) bond motifs is 1. The lowest BCUT2D eigenvalue weighted by Crippen LogP contribution is -2.19. The van der Waals surface area contributed by atoms with E-state index in [0.717, 1.165) is 25.1 Å². The average molecular weight is 246 g/mol. The molecule has 2 aromatic heterocycles. The van der Waals surface area contributed by atoms with Crippen LogP contribution in [0.4, 0.5) is 0 Å². The number of aromatic carboxylic acids is 1. The normalized spacial score (nSPS) is 18.6. The van der Waals surface area contributed by atoms with E-state index in [0.29, 0.717) is 17.5 Å². The molecule has 0 aliphatic carbocycles. The molecule has 1 aliphatic heterocycles. The quantitative estimate of drug-likeness (QED) is 0.883. The molecule has 0 aromatic carbocycles. The SMILES string of the molecule is CC1CCc2c(C(=O)O)nc(-c3ccco3)n2C1. The van der Waals surface area contributed by atoms with Gasteiger partial charge in [0, 0.05) is 6.54 Å². The Morgan fingerprint density at radius 2 is 2.44 bits per heavy atom. The summed E-state index contributed by atoms with van der Waals surface area (Å²) in [6, 6.07) is 3.59. The van der Waals surface area contributed by atoms with Gasteiger partial charge in [-0.25, -0.2) is 9.78 Å². The van der Waals surface area contributed by atoms with Crippen molar-refractivity contribution in [3.05, 3.63) is 29.8 Å². The first-order valence-electron chi connectivity index (χ1n) is 6.03. The summed E-state index contributed by atoms with van der Waals surface area (Å²) in [5.74, 6) is 0.810. The number of furan rings is 1. The van der Waals surface area contributed by atoms with Crippen LogP contribution in [0.2, 0.25) is 0 Å². The van der Waals surface area contributed by atoms with Gasteiger partial charge in [0.15, 0.2) is 17.3 Å². The molecule has 18 heavy (non-hydrogen) atoms. The number of nitrogens with zero attached hydrogens (tertiary/aromatic N) is 2. The number of carbonyl (C=O) groups is 1. The van der Waals surface area contributed by atoms with E-state index >= 15 is 0 Å². The molecule has 1 N–H and O–H groups in total. The first-order valence-corrected chi connectivity index (χ1v) is 6.03. The van der Waals surface area contributed by atoms with Crippen molar-refractivity contribution in [2.45, 2.75) is 26.3 Å². The van der Waals surface area contributed by atoms with Gasteiger partial charge >= 0.3 is 5.97 Å². The Bertz CT molecular complexity index is 584. The van der Waals surface area contributed by atoms with Gasteiger partial charge in [0.1, 0.15) is 0 Å². The van der Waals surface area contributed by atoms with Gasteiger partial charge in [-0.2, -0.15) is 0 Å². The zero-order chi connectivity index (χ0) is 12.7. The topological polar surface area (TPSA) is 68.3 Å². The van der Waals surface area contributed by atoms with Crippen LogP contribution in [0.5, 0.6) is 0 Å². The molecule has 0 amide bonds. The van der Waals surface area contributed by atoms with Gasteiger partial charge in [-0.15, -0.1) is 0 Å². The van der Waals surface area contributed by atoms with E-state index in [2.05, 4.69) is 11.9 Å². The van der Waals surface area contributed by atoms with Crippen LogP contribution in [0.3, 0.4) is 0 Å². The fourth-order valence-corrected chi connectivity index (χ4v) is 2.49. The van der Waals surface area contributed by atoms with Crippen LogP contribution in [0.15, 0.2) is 22.8 Å². The van der Waals surface area contributed by atoms with Crippen molar-refractivity contribution in [2.75, 3.05) is 0 Å². The zero-order valence-electron chi connectivity index (χ0n) is 10.1. The summed E-state index contributed by atoms with van der Waals surface area (Å²) in [5.41, 5.74) is 0.973. The van der Waals surface area contributed by atoms with E-state index in [-0.39, 0.29) is 5.69 Å². The Morgan fingerprint density at radius 1 is 1.61 bits per heavy atom. The molecule has 0 radical (unpaired) electrons. The monoisotopic (exact) mass is 246 g/mol. The highest BCUT2D eigenvalue weighted by Crippen LogP contribution is 2.29. The van der Waals surface area contributed by atoms with Crippen LogP contribution in [0.25, 0.3) is 11.6 Å². The Morgan fingerprint density at radius 3 is 3.11 bits per heavy atom. The molecule has 1 aliphatic rings. The molecular formula is C13H14N2O3. The van der Waals surface area contributed by atoms with Gasteiger partial charge < -0.3 is 14.1 Å². The lowest BCUT2D eigenvalue weighted by molar-refractivity contribution is 0.0689. The summed E-state index contributed by atoms with van der Waals surface area (Å²) in [5, 5.41) is 9.21. The van der Waals surface area contributed by atoms with Crippen molar-refractivity contribution in [3.63, 3.8) is 0 Å². The van der Waals surface area contributed by atoms with E-state index in [1.165, 1.54) is 0 Å². The van der Waals surface area contributed by atoms with Crippen LogP contribution in [-0.2, 0) is 13.0 Å². The molecule has 1 unspecified atom stereocenters. The first-order chi connectivity index (χ1) is 8.66. The van der Waals surface area contributed by atoms with Crippen LogP contribution in [-0.4, -0.2) is 20.6 Å². The Balaban J connectivity index is 2.18. The number of aromatic nitrogens is 2. The highest BCUT2D eigenvalue weighted by molar-refractivity contribution is 5.87. The third-order valence-corrected chi connectivity index (χ3v) is 3.38. The molecule has 3 heterocycles. The fraction of sp³-hybridized carbons (Fsp3) is 0.385. The van der Waals surface area contributed by atoms with Crippen molar-refractivity contribution in [3.8, 4) is 11.6 Å². The summed E-state index contributed by atoms with van der Waals surface area (Å²) in [6.45, 7) is 2.96. The predicted octanol–water partition coefficient (Wildman–Crippen LogP) is 2.42. The second-order valence-electron chi connectivity index (χ2n) is 4.77. The number of hydrogen-bond acceptors (Lipinski definition) is 3. The Hall–Kier alpha value is -2.04. The molecule has 0 fully saturated rings. The molecule has 3 rings (SSSR count). The Kier molecular flexibility index (Phi) is 2.47. The van der Waals surface area contributed by atoms with Crippen molar-refractivity contribution < 1.29 is 14.3 Å². The van der Waals surface area contributed by atoms with Crippen LogP contribution in [0, 0.1) is 5.92 Å². The van der Waals surface area contributed by atoms with Crippen molar-refractivity contribution in [1.82, 2.24) is 9.55 Å². The van der Waals surface area contributed by atoms with Crippen LogP contribution >= 0.6 is 0 Å². The molecule has 0 saturated carbocycles. The maximum atomic E-state index is 11.2. The summed E-state index contributed by atoms with van der Waals surface area (Å²) in [6.07, 6.45) is 3.34.